The van der Waals surface area contributed by atoms with Crippen molar-refractivity contribution in [3.63, 3.8) is 0 Å². The van der Waals surface area contributed by atoms with Gasteiger partial charge in [-0.3, -0.25) is 4.79 Å². The van der Waals surface area contributed by atoms with Crippen LogP contribution in [-0.2, 0) is 11.3 Å². The van der Waals surface area contributed by atoms with E-state index < -0.39 is 0 Å². The zero-order valence-corrected chi connectivity index (χ0v) is 19.4. The average molecular weight is 451 g/mol. The summed E-state index contributed by atoms with van der Waals surface area (Å²) in [6.45, 7) is 5.09. The molecule has 0 N–H and O–H groups in total. The summed E-state index contributed by atoms with van der Waals surface area (Å²) in [5.74, 6) is 1.63. The molecule has 2 aromatic carbocycles. The summed E-state index contributed by atoms with van der Waals surface area (Å²) in [6, 6.07) is 12.1. The summed E-state index contributed by atoms with van der Waals surface area (Å²) in [6.07, 6.45) is 2.52. The molecule has 0 saturated carbocycles. The SMILES string of the molecule is CSCCn1c(=NC(=O)CCSc2ccc(Cl)cc2)sc2c(C)cc(C)cc21. The standard InChI is InChI=1S/C21H23ClN2OS3/c1-14-12-15(2)20-18(13-14)24(9-11-26-3)21(28-20)23-19(25)8-10-27-17-6-4-16(22)5-7-17/h4-7,12-13H,8-11H2,1-3H3. The zero-order chi connectivity index (χ0) is 20.1. The van der Waals surface area contributed by atoms with E-state index in [9.17, 15) is 4.79 Å². The number of thioether (sulfide) groups is 2. The molecule has 0 radical (unpaired) electrons. The number of aromatic nitrogens is 1. The summed E-state index contributed by atoms with van der Waals surface area (Å²) >= 11 is 11.0. The third-order valence-corrected chi connectivity index (χ3v) is 7.34. The van der Waals surface area contributed by atoms with Crippen LogP contribution < -0.4 is 4.80 Å². The molecular formula is C21H23ClN2OS3. The van der Waals surface area contributed by atoms with Crippen molar-refractivity contribution in [3.8, 4) is 0 Å². The Morgan fingerprint density at radius 3 is 2.64 bits per heavy atom. The summed E-state index contributed by atoms with van der Waals surface area (Å²) in [5, 5.41) is 0.723. The highest BCUT2D eigenvalue weighted by Crippen LogP contribution is 2.24. The molecule has 148 valence electrons. The minimum absolute atomic E-state index is 0.0692. The molecule has 0 aliphatic heterocycles. The number of benzene rings is 2. The van der Waals surface area contributed by atoms with Gasteiger partial charge < -0.3 is 4.57 Å². The van der Waals surface area contributed by atoms with E-state index >= 15 is 0 Å². The molecule has 0 aliphatic rings. The van der Waals surface area contributed by atoms with Crippen LogP contribution >= 0.6 is 46.5 Å². The predicted molar refractivity (Wildman–Crippen MR) is 125 cm³/mol. The van der Waals surface area contributed by atoms with Crippen LogP contribution in [0.15, 0.2) is 46.3 Å². The van der Waals surface area contributed by atoms with E-state index in [1.807, 2.05) is 24.3 Å². The zero-order valence-electron chi connectivity index (χ0n) is 16.2. The van der Waals surface area contributed by atoms with E-state index in [-0.39, 0.29) is 5.91 Å². The topological polar surface area (TPSA) is 34.4 Å². The Morgan fingerprint density at radius 1 is 1.18 bits per heavy atom. The minimum Gasteiger partial charge on any atom is -0.315 e. The van der Waals surface area contributed by atoms with Gasteiger partial charge in [-0.2, -0.15) is 16.8 Å². The van der Waals surface area contributed by atoms with E-state index in [0.29, 0.717) is 12.2 Å². The molecule has 0 spiro atoms. The van der Waals surface area contributed by atoms with Crippen LogP contribution in [0.5, 0.6) is 0 Å². The fourth-order valence-corrected chi connectivity index (χ4v) is 5.40. The molecule has 1 amide bonds. The molecule has 0 atom stereocenters. The Morgan fingerprint density at radius 2 is 1.93 bits per heavy atom. The third kappa shape index (κ3) is 5.44. The molecule has 0 aliphatic carbocycles. The maximum absolute atomic E-state index is 12.5. The first-order chi connectivity index (χ1) is 13.5. The maximum atomic E-state index is 12.5. The number of carbonyl (C=O) groups is 1. The molecule has 28 heavy (non-hydrogen) atoms. The molecule has 0 fully saturated rings. The Kier molecular flexibility index (Phi) is 7.69. The second-order valence-electron chi connectivity index (χ2n) is 6.52. The highest BCUT2D eigenvalue weighted by Gasteiger charge is 2.10. The molecular weight excluding hydrogens is 428 g/mol. The van der Waals surface area contributed by atoms with Crippen LogP contribution in [0.25, 0.3) is 10.2 Å². The van der Waals surface area contributed by atoms with Gasteiger partial charge in [0.1, 0.15) is 0 Å². The van der Waals surface area contributed by atoms with Crippen molar-refractivity contribution >= 4 is 62.6 Å². The molecule has 3 aromatic rings. The summed E-state index contributed by atoms with van der Waals surface area (Å²) in [7, 11) is 0. The molecule has 1 heterocycles. The van der Waals surface area contributed by atoms with E-state index in [0.717, 1.165) is 27.0 Å². The Hall–Kier alpha value is -1.21. The van der Waals surface area contributed by atoms with Crippen LogP contribution in [-0.4, -0.2) is 28.2 Å². The fraction of sp³-hybridized carbons (Fsp3) is 0.333. The van der Waals surface area contributed by atoms with Gasteiger partial charge >= 0.3 is 0 Å². The van der Waals surface area contributed by atoms with E-state index in [2.05, 4.69) is 41.8 Å². The highest BCUT2D eigenvalue weighted by molar-refractivity contribution is 7.99. The van der Waals surface area contributed by atoms with E-state index in [4.69, 9.17) is 11.6 Å². The lowest BCUT2D eigenvalue weighted by molar-refractivity contribution is -0.117. The van der Waals surface area contributed by atoms with Gasteiger partial charge in [0.15, 0.2) is 4.80 Å². The number of carbonyl (C=O) groups excluding carboxylic acids is 1. The van der Waals surface area contributed by atoms with Gasteiger partial charge in [-0.1, -0.05) is 29.0 Å². The molecule has 0 saturated heterocycles. The van der Waals surface area contributed by atoms with Crippen molar-refractivity contribution < 1.29 is 4.79 Å². The summed E-state index contributed by atoms with van der Waals surface area (Å²) in [5.41, 5.74) is 3.65. The Labute approximate surface area is 183 Å². The Balaban J connectivity index is 1.80. The first kappa shape index (κ1) is 21.5. The minimum atomic E-state index is -0.0692. The normalized spacial score (nSPS) is 12.1. The smallest absolute Gasteiger partial charge is 0.249 e. The van der Waals surface area contributed by atoms with Gasteiger partial charge in [0, 0.05) is 34.4 Å². The van der Waals surface area contributed by atoms with Crippen LogP contribution in [0.1, 0.15) is 17.5 Å². The molecule has 7 heteroatoms. The second-order valence-corrected chi connectivity index (χ2v) is 10.1. The largest absolute Gasteiger partial charge is 0.315 e. The van der Waals surface area contributed by atoms with E-state index in [1.165, 1.54) is 21.3 Å². The molecule has 0 bridgehead atoms. The van der Waals surface area contributed by atoms with Crippen molar-refractivity contribution in [2.24, 2.45) is 4.99 Å². The Bertz CT molecular complexity index is 1040. The number of hydrogen-bond donors (Lipinski definition) is 0. The van der Waals surface area contributed by atoms with Crippen molar-refractivity contribution in [2.45, 2.75) is 31.7 Å². The number of amides is 1. The van der Waals surface area contributed by atoms with Gasteiger partial charge in [-0.15, -0.1) is 11.8 Å². The number of fused-ring (bicyclic) bond motifs is 1. The first-order valence-corrected chi connectivity index (χ1v) is 12.6. The van der Waals surface area contributed by atoms with Gasteiger partial charge in [-0.25, -0.2) is 0 Å². The van der Waals surface area contributed by atoms with Crippen LogP contribution in [0.4, 0.5) is 0 Å². The number of hydrogen-bond acceptors (Lipinski definition) is 4. The number of thiazole rings is 1. The first-order valence-electron chi connectivity index (χ1n) is 9.03. The van der Waals surface area contributed by atoms with Crippen molar-refractivity contribution in [2.75, 3.05) is 17.8 Å². The van der Waals surface area contributed by atoms with Crippen LogP contribution in [0.3, 0.4) is 0 Å². The number of rotatable bonds is 7. The average Bonchev–Trinajstić information content (AvgIpc) is 2.99. The van der Waals surface area contributed by atoms with Gasteiger partial charge in [0.05, 0.1) is 10.2 Å². The molecule has 1 aromatic heterocycles. The molecule has 0 unspecified atom stereocenters. The number of nitrogens with zero attached hydrogens (tertiary/aromatic N) is 2. The highest BCUT2D eigenvalue weighted by atomic mass is 35.5. The molecule has 3 nitrogen and oxygen atoms in total. The van der Waals surface area contributed by atoms with Gasteiger partial charge in [0.2, 0.25) is 5.91 Å². The van der Waals surface area contributed by atoms with E-state index in [1.54, 1.807) is 34.9 Å². The summed E-state index contributed by atoms with van der Waals surface area (Å²) < 4.78 is 3.41. The van der Waals surface area contributed by atoms with Crippen LogP contribution in [0, 0.1) is 13.8 Å². The lowest BCUT2D eigenvalue weighted by Gasteiger charge is -2.05. The van der Waals surface area contributed by atoms with Crippen molar-refractivity contribution in [3.05, 3.63) is 57.3 Å². The van der Waals surface area contributed by atoms with Crippen molar-refractivity contribution in [1.29, 1.82) is 0 Å². The lowest BCUT2D eigenvalue weighted by atomic mass is 10.1. The lowest BCUT2D eigenvalue weighted by Crippen LogP contribution is -2.18. The van der Waals surface area contributed by atoms with Gasteiger partial charge in [-0.05, 0) is 61.6 Å². The maximum Gasteiger partial charge on any atom is 0.249 e. The number of halogens is 1. The summed E-state index contributed by atoms with van der Waals surface area (Å²) in [4.78, 5) is 18.9. The van der Waals surface area contributed by atoms with Crippen LogP contribution in [0.2, 0.25) is 5.02 Å². The quantitative estimate of drug-likeness (QED) is 0.417. The predicted octanol–water partition coefficient (Wildman–Crippen LogP) is 5.95. The number of aryl methyl sites for hydroxylation is 3. The third-order valence-electron chi connectivity index (χ3n) is 4.25. The monoisotopic (exact) mass is 450 g/mol. The van der Waals surface area contributed by atoms with Gasteiger partial charge in [0.25, 0.3) is 0 Å². The van der Waals surface area contributed by atoms with Crippen molar-refractivity contribution in [1.82, 2.24) is 4.57 Å². The fourth-order valence-electron chi connectivity index (χ4n) is 2.95. The second kappa shape index (κ2) is 10.0. The molecule has 3 rings (SSSR count).